The number of likely N-dealkylation sites (tertiary alicyclic amines) is 1. The van der Waals surface area contributed by atoms with E-state index in [0.29, 0.717) is 85.8 Å². The van der Waals surface area contributed by atoms with Gasteiger partial charge in [-0.15, -0.1) is 0 Å². The van der Waals surface area contributed by atoms with Crippen molar-refractivity contribution in [3.05, 3.63) is 75.6 Å². The molecule has 4 aliphatic rings. The first-order chi connectivity index (χ1) is 31.4. The number of para-hydroxylation sites is 1. The number of hydrogen-bond acceptors (Lipinski definition) is 9. The van der Waals surface area contributed by atoms with Crippen molar-refractivity contribution in [2.75, 3.05) is 50.0 Å². The normalized spacial score (nSPS) is 18.0. The van der Waals surface area contributed by atoms with E-state index in [4.69, 9.17) is 5.10 Å². The maximum Gasteiger partial charge on any atom is 0.329 e. The summed E-state index contributed by atoms with van der Waals surface area (Å²) in [6, 6.07) is 8.16. The highest BCUT2D eigenvalue weighted by Gasteiger charge is 2.36. The van der Waals surface area contributed by atoms with Crippen molar-refractivity contribution in [3.8, 4) is 11.1 Å². The maximum atomic E-state index is 14.7. The third kappa shape index (κ3) is 8.36. The first kappa shape index (κ1) is 43.7. The van der Waals surface area contributed by atoms with Crippen molar-refractivity contribution in [1.29, 1.82) is 0 Å². The Morgan fingerprint density at radius 1 is 0.954 bits per heavy atom. The number of imide groups is 1. The molecule has 3 aromatic heterocycles. The molecule has 0 aliphatic carbocycles. The van der Waals surface area contributed by atoms with Gasteiger partial charge in [0.05, 0.1) is 35.5 Å². The number of anilines is 3. The third-order valence-corrected chi connectivity index (χ3v) is 13.6. The van der Waals surface area contributed by atoms with Gasteiger partial charge in [0.1, 0.15) is 6.04 Å². The van der Waals surface area contributed by atoms with E-state index in [1.165, 1.54) is 9.13 Å². The number of nitrogens with one attached hydrogen (secondary N) is 3. The Hall–Kier alpha value is -6.53. The number of piperidine rings is 2. The molecule has 0 saturated carbocycles. The summed E-state index contributed by atoms with van der Waals surface area (Å²) in [5.74, 6) is 0.0200. The monoisotopic (exact) mass is 894 g/mol. The molecular formula is C46H56F2N12O5. The smallest absolute Gasteiger partial charge is 0.329 e. The fourth-order valence-electron chi connectivity index (χ4n) is 10.3. The molecule has 0 spiro atoms. The van der Waals surface area contributed by atoms with Gasteiger partial charge in [-0.05, 0) is 80.3 Å². The van der Waals surface area contributed by atoms with Gasteiger partial charge in [0.2, 0.25) is 17.7 Å². The van der Waals surface area contributed by atoms with E-state index in [9.17, 15) is 32.8 Å². The van der Waals surface area contributed by atoms with Crippen LogP contribution in [0, 0.1) is 0 Å². The fraction of sp³-hybridized carbons (Fsp3) is 0.500. The molecular weight excluding hydrogens is 839 g/mol. The zero-order valence-corrected chi connectivity index (χ0v) is 37.1. The van der Waals surface area contributed by atoms with Crippen molar-refractivity contribution in [3.63, 3.8) is 0 Å². The zero-order chi connectivity index (χ0) is 45.5. The Kier molecular flexibility index (Phi) is 12.2. The second-order valence-corrected chi connectivity index (χ2v) is 17.6. The second kappa shape index (κ2) is 18.2. The Labute approximate surface area is 374 Å². The Morgan fingerprint density at radius 3 is 2.51 bits per heavy atom. The molecule has 17 nitrogen and oxygen atoms in total. The molecule has 9 rings (SSSR count). The number of benzene rings is 2. The van der Waals surface area contributed by atoms with Gasteiger partial charge < -0.3 is 25.3 Å². The minimum atomic E-state index is -2.69. The van der Waals surface area contributed by atoms with Gasteiger partial charge in [-0.3, -0.25) is 38.2 Å². The summed E-state index contributed by atoms with van der Waals surface area (Å²) in [5, 5.41) is 18.0. The van der Waals surface area contributed by atoms with Crippen molar-refractivity contribution in [1.82, 2.24) is 49.1 Å². The topological polar surface area (TPSA) is 177 Å². The number of amides is 5. The number of aromatic nitrogens is 6. The lowest BCUT2D eigenvalue weighted by Gasteiger charge is -2.34. The van der Waals surface area contributed by atoms with Crippen LogP contribution in [0.3, 0.4) is 0 Å². The molecule has 65 heavy (non-hydrogen) atoms. The van der Waals surface area contributed by atoms with Crippen LogP contribution in [-0.2, 0) is 47.9 Å². The highest BCUT2D eigenvalue weighted by molar-refractivity contribution is 6.00. The van der Waals surface area contributed by atoms with E-state index >= 15 is 0 Å². The number of nitrogens with zero attached hydrogens (tertiary/aromatic N) is 9. The van der Waals surface area contributed by atoms with Crippen molar-refractivity contribution in [2.24, 2.45) is 14.1 Å². The van der Waals surface area contributed by atoms with Crippen LogP contribution in [0.4, 0.5) is 30.8 Å². The number of urea groups is 1. The van der Waals surface area contributed by atoms with E-state index in [0.717, 1.165) is 67.5 Å². The maximum absolute atomic E-state index is 14.7. The Morgan fingerprint density at radius 2 is 1.77 bits per heavy atom. The van der Waals surface area contributed by atoms with E-state index in [2.05, 4.69) is 30.6 Å². The number of carbonyl (C=O) groups excluding carboxylic acids is 4. The molecule has 0 bridgehead atoms. The predicted molar refractivity (Wildman–Crippen MR) is 240 cm³/mol. The van der Waals surface area contributed by atoms with Crippen molar-refractivity contribution >= 4 is 52.0 Å². The standard InChI is InChI=1S/C46H56F2N12O5/c1-49-45(64)57-22-17-35-33(27-57)43(58-19-8-9-28-23-31(29-25-51-54(2)26-29)32(42(47)48)24-38(28)58)53-60(35)30-15-20-56(21-16-30)40(62)12-5-4-6-18-50-34-10-7-11-36-41(34)55(3)46(65)59(36)37-13-14-39(61)52-44(37)63/h7,10-11,23-26,30,37,42,50H,4-6,8-9,12-22,27H2,1-3H3,(H,49,64)(H,52,61,63). The number of alkyl halides is 2. The fourth-order valence-corrected chi connectivity index (χ4v) is 10.3. The van der Waals surface area contributed by atoms with Gasteiger partial charge in [0.25, 0.3) is 6.43 Å². The second-order valence-electron chi connectivity index (χ2n) is 17.6. The average molecular weight is 895 g/mol. The molecule has 3 N–H and O–H groups in total. The van der Waals surface area contributed by atoms with Crippen molar-refractivity contribution < 1.29 is 28.0 Å². The minimum absolute atomic E-state index is 0.0397. The molecule has 344 valence electrons. The van der Waals surface area contributed by atoms with E-state index in [1.807, 2.05) is 29.2 Å². The highest BCUT2D eigenvalue weighted by atomic mass is 19.3. The van der Waals surface area contributed by atoms with Crippen LogP contribution in [0.5, 0.6) is 0 Å². The molecule has 2 aromatic carbocycles. The number of imidazole rings is 1. The molecule has 1 atom stereocenters. The van der Waals surface area contributed by atoms with Gasteiger partial charge >= 0.3 is 11.7 Å². The van der Waals surface area contributed by atoms with E-state index in [1.54, 1.807) is 49.2 Å². The van der Waals surface area contributed by atoms with E-state index in [-0.39, 0.29) is 48.0 Å². The molecule has 7 heterocycles. The van der Waals surface area contributed by atoms with Crippen LogP contribution >= 0.6 is 0 Å². The van der Waals surface area contributed by atoms with Gasteiger partial charge in [-0.1, -0.05) is 12.5 Å². The third-order valence-electron chi connectivity index (χ3n) is 13.6. The zero-order valence-electron chi connectivity index (χ0n) is 37.1. The SMILES string of the molecule is CNC(=O)N1CCc2c(c(N3CCCc4cc(-c5cnn(C)c5)c(C(F)F)cc43)nn2C2CCN(C(=O)CCCCCNc3cccc4c3n(C)c(=O)n4C3CCC(=O)NC3=O)CC2)C1. The number of hydrogen-bond donors (Lipinski definition) is 3. The lowest BCUT2D eigenvalue weighted by atomic mass is 9.92. The Bertz CT molecular complexity index is 2710. The van der Waals surface area contributed by atoms with Crippen LogP contribution in [-0.4, -0.2) is 102 Å². The molecule has 0 radical (unpaired) electrons. The summed E-state index contributed by atoms with van der Waals surface area (Å²) < 4.78 is 36.2. The molecule has 2 fully saturated rings. The van der Waals surface area contributed by atoms with Crippen LogP contribution in [0.15, 0.2) is 47.5 Å². The average Bonchev–Trinajstić information content (AvgIpc) is 3.99. The van der Waals surface area contributed by atoms with Crippen LogP contribution in [0.25, 0.3) is 22.2 Å². The van der Waals surface area contributed by atoms with Crippen LogP contribution in [0.2, 0.25) is 0 Å². The summed E-state index contributed by atoms with van der Waals surface area (Å²) in [4.78, 5) is 69.8. The van der Waals surface area contributed by atoms with Crippen molar-refractivity contribution in [2.45, 2.75) is 95.7 Å². The summed E-state index contributed by atoms with van der Waals surface area (Å²) in [5.41, 5.74) is 6.51. The minimum Gasteiger partial charge on any atom is -0.383 e. The molecule has 2 saturated heterocycles. The number of rotatable bonds is 12. The van der Waals surface area contributed by atoms with Gasteiger partial charge in [0, 0.05) is 107 Å². The molecule has 4 aliphatic heterocycles. The summed E-state index contributed by atoms with van der Waals surface area (Å²) in [6.07, 6.45) is 7.55. The lowest BCUT2D eigenvalue weighted by molar-refractivity contribution is -0.136. The Balaban J connectivity index is 0.833. The summed E-state index contributed by atoms with van der Waals surface area (Å²) in [7, 11) is 5.06. The number of aryl methyl sites for hydroxylation is 3. The van der Waals surface area contributed by atoms with Gasteiger partial charge in [-0.25, -0.2) is 18.4 Å². The first-order valence-electron chi connectivity index (χ1n) is 22.8. The quantitative estimate of drug-likeness (QED) is 0.108. The first-order valence-corrected chi connectivity index (χ1v) is 22.8. The van der Waals surface area contributed by atoms with Crippen LogP contribution in [0.1, 0.15) is 98.7 Å². The molecule has 1 unspecified atom stereocenters. The number of fused-ring (bicyclic) bond motifs is 3. The summed E-state index contributed by atoms with van der Waals surface area (Å²) in [6.45, 7) is 3.32. The largest absolute Gasteiger partial charge is 0.383 e. The molecule has 19 heteroatoms. The predicted octanol–water partition coefficient (Wildman–Crippen LogP) is 5.47. The van der Waals surface area contributed by atoms with Gasteiger partial charge in [0.15, 0.2) is 5.82 Å². The lowest BCUT2D eigenvalue weighted by Crippen LogP contribution is -2.44. The van der Waals surface area contributed by atoms with Crippen LogP contribution < -0.4 is 26.5 Å². The van der Waals surface area contributed by atoms with Gasteiger partial charge in [-0.2, -0.15) is 10.2 Å². The number of halogens is 2. The summed E-state index contributed by atoms with van der Waals surface area (Å²) >= 11 is 0. The number of carbonyl (C=O) groups is 4. The van der Waals surface area contributed by atoms with E-state index < -0.39 is 18.4 Å². The molecule has 5 amide bonds. The highest BCUT2D eigenvalue weighted by Crippen LogP contribution is 2.44. The number of unbranched alkanes of at least 4 members (excludes halogenated alkanes) is 2. The molecule has 5 aromatic rings.